The Balaban J connectivity index is 3.74. The number of nitro groups is 1. The van der Waals surface area contributed by atoms with Crippen molar-refractivity contribution in [2.24, 2.45) is 12.0 Å². The van der Waals surface area contributed by atoms with Gasteiger partial charge in [0.25, 0.3) is 0 Å². The predicted molar refractivity (Wildman–Crippen MR) is 75.2 cm³/mol. The molecule has 1 aromatic heterocycles. The van der Waals surface area contributed by atoms with E-state index in [2.05, 4.69) is 14.8 Å². The van der Waals surface area contributed by atoms with Crippen LogP contribution in [0.4, 0.5) is 5.69 Å². The molecular weight excluding hydrogens is 280 g/mol. The molecule has 0 aliphatic carbocycles. The second-order valence-corrected chi connectivity index (χ2v) is 4.19. The maximum absolute atomic E-state index is 11.8. The molecule has 1 N–H and O–H groups in total. The zero-order valence-corrected chi connectivity index (χ0v) is 12.4. The van der Waals surface area contributed by atoms with Crippen molar-refractivity contribution in [3.63, 3.8) is 0 Å². The van der Waals surface area contributed by atoms with Crippen molar-refractivity contribution in [1.29, 1.82) is 0 Å². The molecule has 1 aromatic rings. The number of methoxy groups -OCH3 is 1. The number of carbonyl (C=O) groups is 1. The Morgan fingerprint density at radius 3 is 2.52 bits per heavy atom. The number of aliphatic imine (C=N–C) groups is 1. The van der Waals surface area contributed by atoms with Crippen LogP contribution in [0.2, 0.25) is 0 Å². The summed E-state index contributed by atoms with van der Waals surface area (Å²) >= 11 is 0. The Labute approximate surface area is 120 Å². The molecule has 1 rings (SSSR count). The average molecular weight is 296 g/mol. The smallest absolute Gasteiger partial charge is 0.343 e. The van der Waals surface area contributed by atoms with Crippen LogP contribution in [0.25, 0.3) is 5.76 Å². The largest absolute Gasteiger partial charge is 0.505 e. The van der Waals surface area contributed by atoms with Gasteiger partial charge >= 0.3 is 11.7 Å². The van der Waals surface area contributed by atoms with E-state index in [-0.39, 0.29) is 28.4 Å². The van der Waals surface area contributed by atoms with Gasteiger partial charge in [0.15, 0.2) is 11.5 Å². The van der Waals surface area contributed by atoms with Gasteiger partial charge in [-0.3, -0.25) is 19.8 Å². The van der Waals surface area contributed by atoms with E-state index in [1.54, 1.807) is 0 Å². The van der Waals surface area contributed by atoms with Gasteiger partial charge in [0, 0.05) is 19.8 Å². The quantitative estimate of drug-likeness (QED) is 0.222. The van der Waals surface area contributed by atoms with Gasteiger partial charge in [0.1, 0.15) is 11.3 Å². The number of esters is 1. The second-order valence-electron chi connectivity index (χ2n) is 4.19. The maximum Gasteiger partial charge on any atom is 0.343 e. The highest BCUT2D eigenvalue weighted by Gasteiger charge is 2.31. The summed E-state index contributed by atoms with van der Waals surface area (Å²) in [5.74, 6) is -1.44. The third kappa shape index (κ3) is 2.91. The number of aliphatic hydroxyl groups excluding tert-OH is 1. The molecule has 0 bridgehead atoms. The van der Waals surface area contributed by atoms with Crippen molar-refractivity contribution in [3.8, 4) is 0 Å². The van der Waals surface area contributed by atoms with E-state index >= 15 is 0 Å². The molecule has 1 heterocycles. The highest BCUT2D eigenvalue weighted by atomic mass is 16.6. The number of hydrogen-bond donors (Lipinski definition) is 1. The molecule has 9 nitrogen and oxygen atoms in total. The third-order valence-electron chi connectivity index (χ3n) is 2.92. The van der Waals surface area contributed by atoms with E-state index in [4.69, 9.17) is 0 Å². The molecule has 0 saturated heterocycles. The van der Waals surface area contributed by atoms with E-state index in [1.807, 2.05) is 0 Å². The van der Waals surface area contributed by atoms with Crippen LogP contribution in [0.15, 0.2) is 10.6 Å². The molecule has 114 valence electrons. The van der Waals surface area contributed by atoms with Crippen LogP contribution < -0.4 is 0 Å². The monoisotopic (exact) mass is 296 g/mol. The van der Waals surface area contributed by atoms with Crippen molar-refractivity contribution >= 4 is 23.1 Å². The highest BCUT2D eigenvalue weighted by molar-refractivity contribution is 6.23. The summed E-state index contributed by atoms with van der Waals surface area (Å²) in [6.07, 6.45) is 0. The molecule has 0 atom stereocenters. The molecule has 0 aromatic carbocycles. The first-order valence-electron chi connectivity index (χ1n) is 5.89. The number of aromatic nitrogens is 2. The molecule has 0 fully saturated rings. The number of nitrogens with zero attached hydrogens (tertiary/aromatic N) is 4. The molecular formula is C12H16N4O5. The van der Waals surface area contributed by atoms with Gasteiger partial charge in [0.05, 0.1) is 12.0 Å². The van der Waals surface area contributed by atoms with Crippen molar-refractivity contribution in [1.82, 2.24) is 9.78 Å². The van der Waals surface area contributed by atoms with Crippen LogP contribution >= 0.6 is 0 Å². The third-order valence-corrected chi connectivity index (χ3v) is 2.92. The van der Waals surface area contributed by atoms with E-state index < -0.39 is 16.7 Å². The first kappa shape index (κ1) is 16.3. The van der Waals surface area contributed by atoms with Crippen LogP contribution in [0.5, 0.6) is 0 Å². The van der Waals surface area contributed by atoms with Crippen molar-refractivity contribution in [2.45, 2.75) is 13.8 Å². The van der Waals surface area contributed by atoms with Crippen LogP contribution in [-0.2, 0) is 16.6 Å². The molecule has 0 radical (unpaired) electrons. The molecule has 0 aliphatic heterocycles. The number of aliphatic hydroxyl groups is 1. The fraction of sp³-hybridized carbons (Fsp3) is 0.417. The Bertz CT molecular complexity index is 657. The van der Waals surface area contributed by atoms with Crippen LogP contribution in [0.1, 0.15) is 18.3 Å². The second kappa shape index (κ2) is 6.16. The Morgan fingerprint density at radius 2 is 2.10 bits per heavy atom. The lowest BCUT2D eigenvalue weighted by molar-refractivity contribution is -0.385. The van der Waals surface area contributed by atoms with Gasteiger partial charge in [-0.2, -0.15) is 5.10 Å². The minimum absolute atomic E-state index is 0.124. The Hall–Kier alpha value is -2.71. The van der Waals surface area contributed by atoms with Gasteiger partial charge in [-0.05, 0) is 13.8 Å². The molecule has 21 heavy (non-hydrogen) atoms. The summed E-state index contributed by atoms with van der Waals surface area (Å²) in [6, 6.07) is 0. The normalized spacial score (nSPS) is 12.9. The maximum atomic E-state index is 11.8. The van der Waals surface area contributed by atoms with Gasteiger partial charge < -0.3 is 9.84 Å². The van der Waals surface area contributed by atoms with Gasteiger partial charge in [-0.1, -0.05) is 0 Å². The predicted octanol–water partition coefficient (Wildman–Crippen LogP) is 1.17. The number of aryl methyl sites for hydroxylation is 2. The summed E-state index contributed by atoms with van der Waals surface area (Å²) in [5, 5.41) is 25.4. The van der Waals surface area contributed by atoms with Crippen LogP contribution in [-0.4, -0.2) is 45.6 Å². The summed E-state index contributed by atoms with van der Waals surface area (Å²) in [4.78, 5) is 26.1. The van der Waals surface area contributed by atoms with Crippen molar-refractivity contribution in [3.05, 3.63) is 27.1 Å². The molecule has 0 aliphatic rings. The molecule has 0 amide bonds. The van der Waals surface area contributed by atoms with Crippen LogP contribution in [0, 0.1) is 17.0 Å². The molecule has 0 spiro atoms. The fourth-order valence-electron chi connectivity index (χ4n) is 1.88. The number of carbonyl (C=O) groups excluding carboxylic acids is 1. The zero-order valence-electron chi connectivity index (χ0n) is 12.4. The summed E-state index contributed by atoms with van der Waals surface area (Å²) in [7, 11) is 3.99. The average Bonchev–Trinajstić information content (AvgIpc) is 2.72. The summed E-state index contributed by atoms with van der Waals surface area (Å²) in [6.45, 7) is 2.92. The lowest BCUT2D eigenvalue weighted by atomic mass is 10.1. The summed E-state index contributed by atoms with van der Waals surface area (Å²) < 4.78 is 5.72. The lowest BCUT2D eigenvalue weighted by Crippen LogP contribution is -2.16. The molecule has 9 heteroatoms. The van der Waals surface area contributed by atoms with Gasteiger partial charge in [0.2, 0.25) is 0 Å². The molecule has 0 unspecified atom stereocenters. The van der Waals surface area contributed by atoms with E-state index in [1.165, 1.54) is 27.9 Å². The van der Waals surface area contributed by atoms with E-state index in [0.29, 0.717) is 0 Å². The fourth-order valence-corrected chi connectivity index (χ4v) is 1.88. The van der Waals surface area contributed by atoms with Gasteiger partial charge in [-0.15, -0.1) is 0 Å². The topological polar surface area (TPSA) is 120 Å². The number of rotatable bonds is 4. The van der Waals surface area contributed by atoms with Crippen molar-refractivity contribution < 1.29 is 19.6 Å². The Morgan fingerprint density at radius 1 is 1.52 bits per heavy atom. The SMILES string of the molecule is CN=C(C)/C(C(=O)OC)=C(\O)c1c([N+](=O)[O-])c(C)nn1C. The summed E-state index contributed by atoms with van der Waals surface area (Å²) in [5.41, 5.74) is -0.487. The number of hydrogen-bond acceptors (Lipinski definition) is 7. The van der Waals surface area contributed by atoms with Crippen molar-refractivity contribution in [2.75, 3.05) is 14.2 Å². The first-order chi connectivity index (χ1) is 9.76. The highest BCUT2D eigenvalue weighted by Crippen LogP contribution is 2.29. The standard InChI is InChI=1S/C12H16N4O5/c1-6(13-3)8(12(18)21-5)11(17)10-9(16(19)20)7(2)14-15(10)4/h17H,1-5H3/b11-8+,13-6?. The minimum Gasteiger partial charge on any atom is -0.505 e. The Kier molecular flexibility index (Phi) is 4.79. The molecule has 0 saturated carbocycles. The van der Waals surface area contributed by atoms with Crippen LogP contribution in [0.3, 0.4) is 0 Å². The minimum atomic E-state index is -0.844. The van der Waals surface area contributed by atoms with E-state index in [0.717, 1.165) is 11.8 Å². The number of ether oxygens (including phenoxy) is 1. The zero-order chi connectivity index (χ0) is 16.3. The first-order valence-corrected chi connectivity index (χ1v) is 5.89. The lowest BCUT2D eigenvalue weighted by Gasteiger charge is -2.08. The van der Waals surface area contributed by atoms with E-state index in [9.17, 15) is 20.0 Å². The van der Waals surface area contributed by atoms with Gasteiger partial charge in [-0.25, -0.2) is 4.79 Å².